The largest absolute Gasteiger partial charge is 0.756 e. The van der Waals surface area contributed by atoms with Crippen molar-refractivity contribution in [2.75, 3.05) is 47.5 Å². The number of allylic oxidation sites excluding steroid dienone is 14. The topological polar surface area (TPSA) is 111 Å². The number of rotatable bonds is 49. The molecule has 68 heavy (non-hydrogen) atoms. The molecular weight excluding hydrogens is 870 g/mol. The van der Waals surface area contributed by atoms with Crippen LogP contribution in [-0.4, -0.2) is 70.0 Å². The first-order chi connectivity index (χ1) is 33.0. The number of quaternary nitrogens is 1. The lowest BCUT2D eigenvalue weighted by Crippen LogP contribution is -2.37. The summed E-state index contributed by atoms with van der Waals surface area (Å²) in [5.74, 6) is -0.901. The fourth-order valence-corrected chi connectivity index (χ4v) is 7.96. The van der Waals surface area contributed by atoms with Gasteiger partial charge in [0.15, 0.2) is 6.10 Å². The summed E-state index contributed by atoms with van der Waals surface area (Å²) in [6, 6.07) is 0. The van der Waals surface area contributed by atoms with E-state index in [0.717, 1.165) is 64.2 Å². The Labute approximate surface area is 418 Å². The molecule has 2 atom stereocenters. The average molecular weight is 972 g/mol. The number of phosphoric acid groups is 1. The van der Waals surface area contributed by atoms with Gasteiger partial charge >= 0.3 is 11.9 Å². The maximum Gasteiger partial charge on any atom is 0.306 e. The van der Waals surface area contributed by atoms with Crippen molar-refractivity contribution in [2.45, 2.75) is 225 Å². The molecule has 0 N–H and O–H groups in total. The lowest BCUT2D eigenvalue weighted by atomic mass is 10.0. The molecule has 0 heterocycles. The molecule has 2 unspecified atom stereocenters. The molecule has 0 aromatic heterocycles. The van der Waals surface area contributed by atoms with Crippen LogP contribution < -0.4 is 4.89 Å². The zero-order valence-corrected chi connectivity index (χ0v) is 45.2. The number of carbonyl (C=O) groups excluding carboxylic acids is 2. The molecule has 0 aromatic carbocycles. The smallest absolute Gasteiger partial charge is 0.306 e. The Balaban J connectivity index is 4.32. The van der Waals surface area contributed by atoms with Gasteiger partial charge in [-0.25, -0.2) is 0 Å². The van der Waals surface area contributed by atoms with Crippen molar-refractivity contribution < 1.29 is 42.1 Å². The van der Waals surface area contributed by atoms with Crippen LogP contribution in [0.5, 0.6) is 0 Å². The second-order valence-corrected chi connectivity index (χ2v) is 20.6. The highest BCUT2D eigenvalue weighted by Gasteiger charge is 2.21. The molecule has 0 radical (unpaired) electrons. The first kappa shape index (κ1) is 65.2. The molecular formula is C58H102NO8P. The molecule has 10 heteroatoms. The Kier molecular flexibility index (Phi) is 47.2. The van der Waals surface area contributed by atoms with Crippen LogP contribution in [0.3, 0.4) is 0 Å². The van der Waals surface area contributed by atoms with Crippen LogP contribution in [0.15, 0.2) is 85.1 Å². The second-order valence-electron chi connectivity index (χ2n) is 19.2. The highest BCUT2D eigenvalue weighted by Crippen LogP contribution is 2.38. The summed E-state index contributed by atoms with van der Waals surface area (Å²) in [7, 11) is 1.12. The molecule has 0 bridgehead atoms. The zero-order chi connectivity index (χ0) is 49.9. The van der Waals surface area contributed by atoms with Gasteiger partial charge in [0.2, 0.25) is 0 Å². The van der Waals surface area contributed by atoms with E-state index in [-0.39, 0.29) is 26.1 Å². The summed E-state index contributed by atoms with van der Waals surface area (Å²) in [5, 5.41) is 0. The first-order valence-corrected chi connectivity index (χ1v) is 28.8. The van der Waals surface area contributed by atoms with Gasteiger partial charge in [0.25, 0.3) is 7.82 Å². The van der Waals surface area contributed by atoms with Gasteiger partial charge in [0.05, 0.1) is 27.7 Å². The molecule has 0 fully saturated rings. The predicted octanol–water partition coefficient (Wildman–Crippen LogP) is 16.1. The third-order valence-electron chi connectivity index (χ3n) is 11.4. The summed E-state index contributed by atoms with van der Waals surface area (Å²) in [5.41, 5.74) is 0. The summed E-state index contributed by atoms with van der Waals surface area (Å²) < 4.78 is 34.0. The number of carbonyl (C=O) groups is 2. The van der Waals surface area contributed by atoms with Crippen molar-refractivity contribution in [1.29, 1.82) is 0 Å². The quantitative estimate of drug-likeness (QED) is 0.0195. The number of nitrogens with zero attached hydrogens (tertiary/aromatic N) is 1. The number of phosphoric ester groups is 1. The molecule has 0 spiro atoms. The number of hydrogen-bond donors (Lipinski definition) is 0. The van der Waals surface area contributed by atoms with Gasteiger partial charge in [-0.3, -0.25) is 14.2 Å². The van der Waals surface area contributed by atoms with Crippen molar-refractivity contribution in [3.05, 3.63) is 85.1 Å². The number of unbranched alkanes of at least 4 members (excludes halogenated alkanes) is 21. The highest BCUT2D eigenvalue weighted by molar-refractivity contribution is 7.45. The Bertz CT molecular complexity index is 1420. The lowest BCUT2D eigenvalue weighted by molar-refractivity contribution is -0.870. The van der Waals surface area contributed by atoms with Crippen LogP contribution in [0.1, 0.15) is 219 Å². The molecule has 0 saturated carbocycles. The van der Waals surface area contributed by atoms with E-state index in [0.29, 0.717) is 23.9 Å². The van der Waals surface area contributed by atoms with E-state index in [9.17, 15) is 19.0 Å². The maximum absolute atomic E-state index is 12.7. The fourth-order valence-electron chi connectivity index (χ4n) is 7.23. The molecule has 9 nitrogen and oxygen atoms in total. The molecule has 0 aliphatic heterocycles. The van der Waals surface area contributed by atoms with Gasteiger partial charge in [-0.2, -0.15) is 0 Å². The number of ether oxygens (including phenoxy) is 2. The average Bonchev–Trinajstić information content (AvgIpc) is 3.30. The predicted molar refractivity (Wildman–Crippen MR) is 286 cm³/mol. The van der Waals surface area contributed by atoms with E-state index in [4.69, 9.17) is 18.5 Å². The molecule has 0 aliphatic carbocycles. The monoisotopic (exact) mass is 972 g/mol. The normalized spacial score (nSPS) is 14.0. The van der Waals surface area contributed by atoms with E-state index in [1.807, 2.05) is 27.2 Å². The van der Waals surface area contributed by atoms with Gasteiger partial charge in [0, 0.05) is 12.8 Å². The highest BCUT2D eigenvalue weighted by atomic mass is 31.2. The van der Waals surface area contributed by atoms with Gasteiger partial charge in [0.1, 0.15) is 19.8 Å². The maximum atomic E-state index is 12.7. The van der Waals surface area contributed by atoms with E-state index in [2.05, 4.69) is 92.8 Å². The Morgan fingerprint density at radius 1 is 0.471 bits per heavy atom. The van der Waals surface area contributed by atoms with Crippen molar-refractivity contribution in [3.8, 4) is 0 Å². The van der Waals surface area contributed by atoms with Crippen molar-refractivity contribution in [3.63, 3.8) is 0 Å². The van der Waals surface area contributed by atoms with E-state index < -0.39 is 32.5 Å². The van der Waals surface area contributed by atoms with E-state index in [1.54, 1.807) is 0 Å². The van der Waals surface area contributed by atoms with E-state index in [1.165, 1.54) is 116 Å². The fraction of sp³-hybridized carbons (Fsp3) is 0.724. The van der Waals surface area contributed by atoms with Gasteiger partial charge < -0.3 is 27.9 Å². The van der Waals surface area contributed by atoms with Crippen LogP contribution in [-0.2, 0) is 32.7 Å². The standard InChI is InChI=1S/C58H102NO8P/c1-6-8-10-12-14-16-18-20-22-24-26-28-29-31-33-35-37-39-41-43-45-47-49-51-58(61)67-56(55-66-68(62,63)65-53-52-59(3,4)5)54-64-57(60)50-48-46-44-42-40-38-36-34-32-30-27-25-23-21-19-17-15-13-11-9-7-2/h8,10,14,16,20,22,26,28,31,33,37,39,43,45,56H,6-7,9,11-13,15,17-19,21,23-25,27,29-30,32,34-36,38,40-42,44,46-55H2,1-5H3/b10-8-,16-14-,22-20-,28-26-,33-31-,39-37-,45-43-. The number of hydrogen-bond acceptors (Lipinski definition) is 8. The number of likely N-dealkylation sites (N-methyl/N-ethyl adjacent to an activating group) is 1. The Morgan fingerprint density at radius 2 is 0.838 bits per heavy atom. The van der Waals surface area contributed by atoms with Gasteiger partial charge in [-0.05, 0) is 64.2 Å². The van der Waals surface area contributed by atoms with Crippen molar-refractivity contribution >= 4 is 19.8 Å². The zero-order valence-electron chi connectivity index (χ0n) is 44.3. The van der Waals surface area contributed by atoms with Crippen molar-refractivity contribution in [2.24, 2.45) is 0 Å². The van der Waals surface area contributed by atoms with Crippen LogP contribution in [0.2, 0.25) is 0 Å². The van der Waals surface area contributed by atoms with Crippen LogP contribution in [0.25, 0.3) is 0 Å². The van der Waals surface area contributed by atoms with Gasteiger partial charge in [-0.1, -0.05) is 227 Å². The lowest BCUT2D eigenvalue weighted by Gasteiger charge is -2.28. The summed E-state index contributed by atoms with van der Waals surface area (Å²) in [4.78, 5) is 37.8. The minimum atomic E-state index is -4.65. The molecule has 0 aliphatic rings. The molecule has 0 amide bonds. The summed E-state index contributed by atoms with van der Waals surface area (Å²) >= 11 is 0. The summed E-state index contributed by atoms with van der Waals surface area (Å²) in [6.45, 7) is 4.07. The SMILES string of the molecule is CC/C=C\C/C=C\C/C=C\C/C=C\C/C=C\C/C=C\C/C=C\CCCC(=O)OC(COC(=O)CCCCCCCCCCCCCCCCCCCCCCC)COP(=O)([O-])OCC[N+](C)(C)C. The first-order valence-electron chi connectivity index (χ1n) is 27.3. The molecule has 392 valence electrons. The van der Waals surface area contributed by atoms with E-state index >= 15 is 0 Å². The Morgan fingerprint density at radius 3 is 1.24 bits per heavy atom. The van der Waals surface area contributed by atoms with Gasteiger partial charge in [-0.15, -0.1) is 0 Å². The minimum absolute atomic E-state index is 0.0448. The third kappa shape index (κ3) is 52.6. The Hall–Kier alpha value is -2.81. The van der Waals surface area contributed by atoms with Crippen molar-refractivity contribution in [1.82, 2.24) is 0 Å². The van der Waals surface area contributed by atoms with Crippen LogP contribution in [0.4, 0.5) is 0 Å². The minimum Gasteiger partial charge on any atom is -0.756 e. The molecule has 0 saturated heterocycles. The molecule has 0 rings (SSSR count). The second kappa shape index (κ2) is 49.2. The van der Waals surface area contributed by atoms with Crippen LogP contribution >= 0.6 is 7.82 Å². The molecule has 0 aromatic rings. The van der Waals surface area contributed by atoms with Crippen LogP contribution in [0, 0.1) is 0 Å². The summed E-state index contributed by atoms with van der Waals surface area (Å²) in [6.07, 6.45) is 64.9. The number of esters is 2. The third-order valence-corrected chi connectivity index (χ3v) is 12.4.